The van der Waals surface area contributed by atoms with Gasteiger partial charge in [-0.2, -0.15) is 11.8 Å². The maximum atomic E-state index is 11.0. The van der Waals surface area contributed by atoms with Crippen molar-refractivity contribution < 1.29 is 14.6 Å². The van der Waals surface area contributed by atoms with Gasteiger partial charge in [-0.3, -0.25) is 0 Å². The molecule has 1 aromatic heterocycles. The number of hydrogen-bond acceptors (Lipinski definition) is 4. The molecule has 1 atom stereocenters. The zero-order valence-corrected chi connectivity index (χ0v) is 9.79. The smallest absolute Gasteiger partial charge is 0.341 e. The van der Waals surface area contributed by atoms with Gasteiger partial charge in [-0.1, -0.05) is 0 Å². The van der Waals surface area contributed by atoms with E-state index in [1.807, 2.05) is 11.8 Å². The van der Waals surface area contributed by atoms with Crippen molar-refractivity contribution in [1.29, 1.82) is 0 Å². The molecule has 1 aromatic rings. The predicted octanol–water partition coefficient (Wildman–Crippen LogP) is 2.01. The van der Waals surface area contributed by atoms with Gasteiger partial charge in [0.15, 0.2) is 0 Å². The van der Waals surface area contributed by atoms with Gasteiger partial charge in [-0.05, 0) is 29.7 Å². The normalized spacial score (nSPS) is 19.7. The molecular weight excluding hydrogens is 226 g/mol. The Bertz CT molecular complexity index is 402. The molecule has 0 amide bonds. The lowest BCUT2D eigenvalue weighted by Crippen LogP contribution is -2.06. The lowest BCUT2D eigenvalue weighted by atomic mass is 9.99. The van der Waals surface area contributed by atoms with Crippen molar-refractivity contribution in [3.8, 4) is 5.88 Å². The highest BCUT2D eigenvalue weighted by molar-refractivity contribution is 7.99. The van der Waals surface area contributed by atoms with Gasteiger partial charge in [0, 0.05) is 11.9 Å². The SMILES string of the molecule is COc1ncc(C2CCSC2)cc1C(=O)O. The predicted molar refractivity (Wildman–Crippen MR) is 62.4 cm³/mol. The number of hydrogen-bond donors (Lipinski definition) is 1. The minimum Gasteiger partial charge on any atom is -0.480 e. The number of aromatic nitrogens is 1. The second kappa shape index (κ2) is 4.74. The fourth-order valence-electron chi connectivity index (χ4n) is 1.80. The Labute approximate surface area is 98.0 Å². The van der Waals surface area contributed by atoms with Crippen LogP contribution in [0.2, 0.25) is 0 Å². The van der Waals surface area contributed by atoms with Crippen LogP contribution in [0.1, 0.15) is 28.3 Å². The van der Waals surface area contributed by atoms with Crippen LogP contribution in [0.15, 0.2) is 12.3 Å². The number of carboxylic acid groups (broad SMARTS) is 1. The molecule has 0 spiro atoms. The van der Waals surface area contributed by atoms with E-state index in [9.17, 15) is 4.79 Å². The third kappa shape index (κ3) is 2.14. The second-order valence-corrected chi connectivity index (χ2v) is 4.84. The largest absolute Gasteiger partial charge is 0.480 e. The van der Waals surface area contributed by atoms with Crippen LogP contribution in [-0.4, -0.2) is 34.7 Å². The third-order valence-corrected chi connectivity index (χ3v) is 3.86. The lowest BCUT2D eigenvalue weighted by molar-refractivity contribution is 0.0692. The van der Waals surface area contributed by atoms with Crippen LogP contribution in [0.5, 0.6) is 5.88 Å². The van der Waals surface area contributed by atoms with Gasteiger partial charge in [0.1, 0.15) is 5.56 Å². The molecule has 0 aromatic carbocycles. The minimum absolute atomic E-state index is 0.150. The second-order valence-electron chi connectivity index (χ2n) is 3.69. The first-order valence-electron chi connectivity index (χ1n) is 5.07. The summed E-state index contributed by atoms with van der Waals surface area (Å²) >= 11 is 1.89. The minimum atomic E-state index is -0.989. The van der Waals surface area contributed by atoms with Gasteiger partial charge in [0.25, 0.3) is 0 Å². The number of aromatic carboxylic acids is 1. The van der Waals surface area contributed by atoms with Gasteiger partial charge in [-0.25, -0.2) is 9.78 Å². The quantitative estimate of drug-likeness (QED) is 0.874. The molecule has 5 heteroatoms. The van der Waals surface area contributed by atoms with Crippen LogP contribution in [0.25, 0.3) is 0 Å². The average molecular weight is 239 g/mol. The van der Waals surface area contributed by atoms with Crippen LogP contribution in [0.4, 0.5) is 0 Å². The maximum absolute atomic E-state index is 11.0. The number of nitrogens with zero attached hydrogens (tertiary/aromatic N) is 1. The van der Waals surface area contributed by atoms with Crippen LogP contribution < -0.4 is 4.74 Å². The number of pyridine rings is 1. The molecule has 0 aliphatic carbocycles. The monoisotopic (exact) mass is 239 g/mol. The highest BCUT2D eigenvalue weighted by atomic mass is 32.2. The van der Waals surface area contributed by atoms with E-state index in [0.29, 0.717) is 5.92 Å². The molecule has 0 saturated carbocycles. The molecule has 2 rings (SSSR count). The van der Waals surface area contributed by atoms with Crippen molar-refractivity contribution in [2.45, 2.75) is 12.3 Å². The standard InChI is InChI=1S/C11H13NO3S/c1-15-10-9(11(13)14)4-8(5-12-10)7-2-3-16-6-7/h4-5,7H,2-3,6H2,1H3,(H,13,14). The van der Waals surface area contributed by atoms with Crippen molar-refractivity contribution in [1.82, 2.24) is 4.98 Å². The molecule has 86 valence electrons. The maximum Gasteiger partial charge on any atom is 0.341 e. The van der Waals surface area contributed by atoms with Crippen LogP contribution in [0.3, 0.4) is 0 Å². The van der Waals surface area contributed by atoms with E-state index in [4.69, 9.17) is 9.84 Å². The van der Waals surface area contributed by atoms with E-state index < -0.39 is 5.97 Å². The number of thioether (sulfide) groups is 1. The Balaban J connectivity index is 2.34. The van der Waals surface area contributed by atoms with E-state index >= 15 is 0 Å². The zero-order chi connectivity index (χ0) is 11.5. The fraction of sp³-hybridized carbons (Fsp3) is 0.455. The summed E-state index contributed by atoms with van der Waals surface area (Å²) in [6.45, 7) is 0. The van der Waals surface area contributed by atoms with E-state index in [1.54, 1.807) is 12.3 Å². The summed E-state index contributed by atoms with van der Waals surface area (Å²) in [4.78, 5) is 15.1. The summed E-state index contributed by atoms with van der Waals surface area (Å²) in [6, 6.07) is 1.69. The van der Waals surface area contributed by atoms with Gasteiger partial charge in [0.05, 0.1) is 7.11 Å². The van der Waals surface area contributed by atoms with Crippen LogP contribution in [0, 0.1) is 0 Å². The number of ether oxygens (including phenoxy) is 1. The first kappa shape index (κ1) is 11.3. The van der Waals surface area contributed by atoms with Crippen LogP contribution >= 0.6 is 11.8 Å². The van der Waals surface area contributed by atoms with Gasteiger partial charge in [0.2, 0.25) is 5.88 Å². The fourth-order valence-corrected chi connectivity index (χ4v) is 3.07. The van der Waals surface area contributed by atoms with Crippen molar-refractivity contribution in [3.05, 3.63) is 23.4 Å². The Kier molecular flexibility index (Phi) is 3.33. The van der Waals surface area contributed by atoms with Crippen molar-refractivity contribution in [3.63, 3.8) is 0 Å². The van der Waals surface area contributed by atoms with Gasteiger partial charge < -0.3 is 9.84 Å². The third-order valence-electron chi connectivity index (χ3n) is 2.70. The molecular formula is C11H13NO3S. The number of carboxylic acids is 1. The summed E-state index contributed by atoms with van der Waals surface area (Å²) in [5.74, 6) is 1.81. The Hall–Kier alpha value is -1.23. The summed E-state index contributed by atoms with van der Waals surface area (Å²) in [5, 5.41) is 9.04. The molecule has 4 nitrogen and oxygen atoms in total. The molecule has 1 saturated heterocycles. The molecule has 0 radical (unpaired) electrons. The van der Waals surface area contributed by atoms with Crippen molar-refractivity contribution in [2.24, 2.45) is 0 Å². The number of methoxy groups -OCH3 is 1. The Morgan fingerprint density at radius 1 is 1.69 bits per heavy atom. The number of rotatable bonds is 3. The lowest BCUT2D eigenvalue weighted by Gasteiger charge is -2.10. The average Bonchev–Trinajstić information content (AvgIpc) is 2.81. The van der Waals surface area contributed by atoms with E-state index in [0.717, 1.165) is 23.5 Å². The summed E-state index contributed by atoms with van der Waals surface area (Å²) in [7, 11) is 1.43. The molecule has 1 aliphatic heterocycles. The van der Waals surface area contributed by atoms with Gasteiger partial charge in [-0.15, -0.1) is 0 Å². The van der Waals surface area contributed by atoms with E-state index in [2.05, 4.69) is 4.98 Å². The van der Waals surface area contributed by atoms with Crippen molar-refractivity contribution in [2.75, 3.05) is 18.6 Å². The van der Waals surface area contributed by atoms with E-state index in [-0.39, 0.29) is 11.4 Å². The molecule has 2 heterocycles. The summed E-state index contributed by atoms with van der Waals surface area (Å²) in [5.41, 5.74) is 1.15. The molecule has 1 aliphatic rings. The van der Waals surface area contributed by atoms with Gasteiger partial charge >= 0.3 is 5.97 Å². The summed E-state index contributed by atoms with van der Waals surface area (Å²) in [6.07, 6.45) is 2.82. The molecule has 16 heavy (non-hydrogen) atoms. The highest BCUT2D eigenvalue weighted by Gasteiger charge is 2.21. The highest BCUT2D eigenvalue weighted by Crippen LogP contribution is 2.33. The first-order valence-corrected chi connectivity index (χ1v) is 6.23. The van der Waals surface area contributed by atoms with E-state index in [1.165, 1.54) is 7.11 Å². The topological polar surface area (TPSA) is 59.4 Å². The molecule has 1 unspecified atom stereocenters. The number of carbonyl (C=O) groups is 1. The first-order chi connectivity index (χ1) is 7.72. The van der Waals surface area contributed by atoms with Crippen LogP contribution in [-0.2, 0) is 0 Å². The summed E-state index contributed by atoms with van der Waals surface area (Å²) < 4.78 is 4.93. The zero-order valence-electron chi connectivity index (χ0n) is 8.97. The molecule has 1 fully saturated rings. The molecule has 1 N–H and O–H groups in total. The van der Waals surface area contributed by atoms with Crippen molar-refractivity contribution >= 4 is 17.7 Å². The Morgan fingerprint density at radius 2 is 2.50 bits per heavy atom. The Morgan fingerprint density at radius 3 is 3.06 bits per heavy atom. The molecule has 0 bridgehead atoms.